The van der Waals surface area contributed by atoms with Crippen LogP contribution in [0.15, 0.2) is 29.2 Å². The summed E-state index contributed by atoms with van der Waals surface area (Å²) in [6.07, 6.45) is 0.259. The zero-order chi connectivity index (χ0) is 11.5. The standard InChI is InChI=1S/C9H9ClO4S/c1-2-9(11)14-7-3-5-8(6-4-7)15(10,12)13/h3-6H,2H2,1H3. The first kappa shape index (κ1) is 12.0. The van der Waals surface area contributed by atoms with E-state index in [4.69, 9.17) is 15.4 Å². The summed E-state index contributed by atoms with van der Waals surface area (Å²) in [5.74, 6) is -0.0811. The third-order valence-electron chi connectivity index (χ3n) is 1.63. The average molecular weight is 249 g/mol. The molecular weight excluding hydrogens is 240 g/mol. The van der Waals surface area contributed by atoms with Crippen LogP contribution in [0.25, 0.3) is 0 Å². The Bertz CT molecular complexity index is 450. The van der Waals surface area contributed by atoms with Gasteiger partial charge < -0.3 is 4.74 Å². The minimum atomic E-state index is -3.72. The highest BCUT2D eigenvalue weighted by Crippen LogP contribution is 2.19. The Morgan fingerprint density at radius 2 is 1.87 bits per heavy atom. The largest absolute Gasteiger partial charge is 0.427 e. The molecule has 82 valence electrons. The van der Waals surface area contributed by atoms with Crippen LogP contribution in [0.3, 0.4) is 0 Å². The zero-order valence-corrected chi connectivity index (χ0v) is 9.51. The normalized spacial score (nSPS) is 11.1. The minimum absolute atomic E-state index is 0.0273. The lowest BCUT2D eigenvalue weighted by Gasteiger charge is -2.02. The van der Waals surface area contributed by atoms with Crippen LogP contribution in [0.1, 0.15) is 13.3 Å². The molecule has 1 aromatic rings. The summed E-state index contributed by atoms with van der Waals surface area (Å²) in [5.41, 5.74) is 0. The van der Waals surface area contributed by atoms with Crippen molar-refractivity contribution in [3.63, 3.8) is 0 Å². The molecule has 1 aromatic carbocycles. The Hall–Kier alpha value is -1.07. The molecule has 4 nitrogen and oxygen atoms in total. The van der Waals surface area contributed by atoms with Crippen molar-refractivity contribution in [3.05, 3.63) is 24.3 Å². The molecule has 15 heavy (non-hydrogen) atoms. The summed E-state index contributed by atoms with van der Waals surface area (Å²) in [4.78, 5) is 10.9. The fourth-order valence-electron chi connectivity index (χ4n) is 0.874. The third-order valence-corrected chi connectivity index (χ3v) is 3.00. The first-order valence-corrected chi connectivity index (χ1v) is 6.50. The Balaban J connectivity index is 2.86. The lowest BCUT2D eigenvalue weighted by molar-refractivity contribution is -0.134. The van der Waals surface area contributed by atoms with Crippen LogP contribution in [-0.4, -0.2) is 14.4 Å². The van der Waals surface area contributed by atoms with E-state index in [1.54, 1.807) is 6.92 Å². The molecule has 0 aliphatic rings. The van der Waals surface area contributed by atoms with Crippen LogP contribution in [0.4, 0.5) is 0 Å². The Kier molecular flexibility index (Phi) is 3.71. The average Bonchev–Trinajstić information content (AvgIpc) is 2.17. The van der Waals surface area contributed by atoms with Gasteiger partial charge in [0.25, 0.3) is 9.05 Å². The van der Waals surface area contributed by atoms with Gasteiger partial charge in [0, 0.05) is 17.1 Å². The van der Waals surface area contributed by atoms with Gasteiger partial charge >= 0.3 is 5.97 Å². The highest BCUT2D eigenvalue weighted by atomic mass is 35.7. The van der Waals surface area contributed by atoms with Crippen LogP contribution in [-0.2, 0) is 13.8 Å². The van der Waals surface area contributed by atoms with Crippen molar-refractivity contribution in [2.24, 2.45) is 0 Å². The predicted molar refractivity (Wildman–Crippen MR) is 55.4 cm³/mol. The monoisotopic (exact) mass is 248 g/mol. The molecule has 0 heterocycles. The number of halogens is 1. The fourth-order valence-corrected chi connectivity index (χ4v) is 1.64. The third kappa shape index (κ3) is 3.53. The highest BCUT2D eigenvalue weighted by Gasteiger charge is 2.09. The lowest BCUT2D eigenvalue weighted by atomic mass is 10.3. The van der Waals surface area contributed by atoms with Gasteiger partial charge in [-0.15, -0.1) is 0 Å². The second kappa shape index (κ2) is 4.63. The van der Waals surface area contributed by atoms with Gasteiger partial charge in [0.05, 0.1) is 4.90 Å². The van der Waals surface area contributed by atoms with E-state index in [9.17, 15) is 13.2 Å². The van der Waals surface area contributed by atoms with Crippen LogP contribution in [0.5, 0.6) is 5.75 Å². The van der Waals surface area contributed by atoms with E-state index >= 15 is 0 Å². The molecule has 0 atom stereocenters. The van der Waals surface area contributed by atoms with E-state index in [0.29, 0.717) is 5.75 Å². The van der Waals surface area contributed by atoms with Crippen LogP contribution >= 0.6 is 10.7 Å². The molecule has 0 N–H and O–H groups in total. The van der Waals surface area contributed by atoms with E-state index < -0.39 is 9.05 Å². The molecule has 0 bridgehead atoms. The van der Waals surface area contributed by atoms with Gasteiger partial charge in [-0.25, -0.2) is 8.42 Å². The number of esters is 1. The number of ether oxygens (including phenoxy) is 1. The van der Waals surface area contributed by atoms with Gasteiger partial charge in [-0.2, -0.15) is 0 Å². The molecule has 6 heteroatoms. The van der Waals surface area contributed by atoms with Crippen molar-refractivity contribution in [2.75, 3.05) is 0 Å². The van der Waals surface area contributed by atoms with Crippen molar-refractivity contribution in [2.45, 2.75) is 18.2 Å². The summed E-state index contributed by atoms with van der Waals surface area (Å²) < 4.78 is 26.6. The maximum Gasteiger partial charge on any atom is 0.310 e. The van der Waals surface area contributed by atoms with E-state index in [-0.39, 0.29) is 17.3 Å². The number of benzene rings is 1. The Morgan fingerprint density at radius 3 is 2.27 bits per heavy atom. The second-order valence-corrected chi connectivity index (χ2v) is 5.30. The molecule has 0 fully saturated rings. The highest BCUT2D eigenvalue weighted by molar-refractivity contribution is 8.13. The zero-order valence-electron chi connectivity index (χ0n) is 7.94. The van der Waals surface area contributed by atoms with Crippen molar-refractivity contribution >= 4 is 25.7 Å². The molecule has 0 saturated heterocycles. The molecular formula is C9H9ClO4S. The Labute approximate surface area is 92.2 Å². The van der Waals surface area contributed by atoms with Crippen molar-refractivity contribution < 1.29 is 17.9 Å². The van der Waals surface area contributed by atoms with E-state index in [1.807, 2.05) is 0 Å². The molecule has 1 rings (SSSR count). The molecule has 0 amide bonds. The summed E-state index contributed by atoms with van der Waals surface area (Å²) in [7, 11) is 1.39. The Morgan fingerprint density at radius 1 is 1.33 bits per heavy atom. The number of carbonyl (C=O) groups is 1. The summed E-state index contributed by atoms with van der Waals surface area (Å²) in [6, 6.07) is 5.31. The number of rotatable bonds is 3. The van der Waals surface area contributed by atoms with Gasteiger partial charge in [0.2, 0.25) is 0 Å². The molecule has 0 aliphatic heterocycles. The van der Waals surface area contributed by atoms with Gasteiger partial charge in [-0.1, -0.05) is 6.92 Å². The lowest BCUT2D eigenvalue weighted by Crippen LogP contribution is -2.05. The van der Waals surface area contributed by atoms with E-state index in [2.05, 4.69) is 0 Å². The maximum absolute atomic E-state index is 10.9. The molecule has 0 radical (unpaired) electrons. The van der Waals surface area contributed by atoms with Crippen LogP contribution < -0.4 is 4.74 Å². The van der Waals surface area contributed by atoms with Crippen molar-refractivity contribution in [1.29, 1.82) is 0 Å². The quantitative estimate of drug-likeness (QED) is 0.466. The number of carbonyl (C=O) groups excluding carboxylic acids is 1. The van der Waals surface area contributed by atoms with Gasteiger partial charge in [0.1, 0.15) is 5.75 Å². The number of hydrogen-bond donors (Lipinski definition) is 0. The maximum atomic E-state index is 10.9. The molecule has 0 saturated carbocycles. The predicted octanol–water partition coefficient (Wildman–Crippen LogP) is 1.93. The van der Waals surface area contributed by atoms with Gasteiger partial charge in [-0.05, 0) is 24.3 Å². The molecule has 0 aromatic heterocycles. The number of hydrogen-bond acceptors (Lipinski definition) is 4. The minimum Gasteiger partial charge on any atom is -0.427 e. The molecule has 0 aliphatic carbocycles. The summed E-state index contributed by atoms with van der Waals surface area (Å²) in [5, 5.41) is 0. The van der Waals surface area contributed by atoms with Crippen LogP contribution in [0, 0.1) is 0 Å². The van der Waals surface area contributed by atoms with E-state index in [0.717, 1.165) is 0 Å². The second-order valence-electron chi connectivity index (χ2n) is 2.74. The van der Waals surface area contributed by atoms with Gasteiger partial charge in [-0.3, -0.25) is 4.79 Å². The first-order valence-electron chi connectivity index (χ1n) is 4.19. The summed E-state index contributed by atoms with van der Waals surface area (Å²) >= 11 is 0. The van der Waals surface area contributed by atoms with Crippen molar-refractivity contribution in [3.8, 4) is 5.75 Å². The fraction of sp³-hybridized carbons (Fsp3) is 0.222. The molecule has 0 spiro atoms. The SMILES string of the molecule is CCC(=O)Oc1ccc(S(=O)(=O)Cl)cc1. The van der Waals surface area contributed by atoms with E-state index in [1.165, 1.54) is 24.3 Å². The smallest absolute Gasteiger partial charge is 0.310 e. The van der Waals surface area contributed by atoms with Crippen molar-refractivity contribution in [1.82, 2.24) is 0 Å². The first-order chi connectivity index (χ1) is 6.93. The van der Waals surface area contributed by atoms with Crippen LogP contribution in [0.2, 0.25) is 0 Å². The molecule has 0 unspecified atom stereocenters. The van der Waals surface area contributed by atoms with Gasteiger partial charge in [0.15, 0.2) is 0 Å². The topological polar surface area (TPSA) is 60.4 Å². The summed E-state index contributed by atoms with van der Waals surface area (Å²) in [6.45, 7) is 1.67.